The third kappa shape index (κ3) is 2.30. The first-order chi connectivity index (χ1) is 9.69. The summed E-state index contributed by atoms with van der Waals surface area (Å²) in [4.78, 5) is 12.2. The second kappa shape index (κ2) is 5.26. The molecule has 20 heavy (non-hydrogen) atoms. The van der Waals surface area contributed by atoms with Crippen LogP contribution in [-0.4, -0.2) is 34.2 Å². The van der Waals surface area contributed by atoms with E-state index in [9.17, 15) is 8.42 Å². The minimum absolute atomic E-state index is 0.219. The Morgan fingerprint density at radius 2 is 2.10 bits per heavy atom. The molecule has 0 spiro atoms. The van der Waals surface area contributed by atoms with Crippen LogP contribution in [0.15, 0.2) is 48.0 Å². The smallest absolute Gasteiger partial charge is 0.245 e. The summed E-state index contributed by atoms with van der Waals surface area (Å²) in [5.74, 6) is 0. The van der Waals surface area contributed by atoms with Gasteiger partial charge in [-0.25, -0.2) is 18.4 Å². The number of nitrogens with zero attached hydrogens (tertiary/aromatic N) is 4. The van der Waals surface area contributed by atoms with Crippen molar-refractivity contribution in [3.63, 3.8) is 0 Å². The lowest BCUT2D eigenvalue weighted by Gasteiger charge is -2.23. The lowest BCUT2D eigenvalue weighted by Crippen LogP contribution is -2.31. The first-order valence-corrected chi connectivity index (χ1v) is 7.81. The Kier molecular flexibility index (Phi) is 3.45. The van der Waals surface area contributed by atoms with Crippen LogP contribution in [0, 0.1) is 0 Å². The van der Waals surface area contributed by atoms with Crippen LogP contribution in [-0.2, 0) is 10.0 Å². The largest absolute Gasteiger partial charge is 0.263 e. The zero-order valence-corrected chi connectivity index (χ0v) is 11.6. The third-order valence-electron chi connectivity index (χ3n) is 3.39. The molecule has 7 heteroatoms. The van der Waals surface area contributed by atoms with E-state index in [4.69, 9.17) is 0 Å². The molecule has 6 nitrogen and oxygen atoms in total. The number of sulfonamides is 1. The molecule has 0 radical (unpaired) electrons. The Labute approximate surface area is 117 Å². The molecule has 3 rings (SSSR count). The lowest BCUT2D eigenvalue weighted by atomic mass is 10.1. The molecule has 1 aliphatic rings. The molecule has 0 amide bonds. The molecule has 2 aromatic heterocycles. The maximum Gasteiger partial charge on any atom is 0.245 e. The predicted octanol–water partition coefficient (Wildman–Crippen LogP) is 1.40. The van der Waals surface area contributed by atoms with Gasteiger partial charge in [0.25, 0.3) is 0 Å². The molecule has 3 heterocycles. The van der Waals surface area contributed by atoms with Crippen molar-refractivity contribution < 1.29 is 8.42 Å². The number of rotatable bonds is 3. The van der Waals surface area contributed by atoms with Gasteiger partial charge in [-0.2, -0.15) is 4.31 Å². The van der Waals surface area contributed by atoms with Crippen LogP contribution < -0.4 is 0 Å². The molecule has 0 aliphatic carbocycles. The van der Waals surface area contributed by atoms with E-state index in [2.05, 4.69) is 15.0 Å². The highest BCUT2D eigenvalue weighted by Crippen LogP contribution is 2.35. The molecule has 1 saturated heterocycles. The van der Waals surface area contributed by atoms with Crippen LogP contribution >= 0.6 is 0 Å². The number of hydrogen-bond donors (Lipinski definition) is 0. The number of pyridine rings is 1. The van der Waals surface area contributed by atoms with Gasteiger partial charge in [0.05, 0.1) is 11.7 Å². The third-order valence-corrected chi connectivity index (χ3v) is 5.28. The second-order valence-corrected chi connectivity index (χ2v) is 6.49. The lowest BCUT2D eigenvalue weighted by molar-refractivity contribution is 0.390. The summed E-state index contributed by atoms with van der Waals surface area (Å²) in [7, 11) is -3.53. The van der Waals surface area contributed by atoms with Crippen LogP contribution in [0.3, 0.4) is 0 Å². The SMILES string of the molecule is O=S(=O)(c1cccnc1)N1CCC[C@@H]1c1ccncn1. The first kappa shape index (κ1) is 13.1. The van der Waals surface area contributed by atoms with Gasteiger partial charge in [-0.3, -0.25) is 4.98 Å². The summed E-state index contributed by atoms with van der Waals surface area (Å²) >= 11 is 0. The van der Waals surface area contributed by atoms with E-state index in [-0.39, 0.29) is 10.9 Å². The van der Waals surface area contributed by atoms with Gasteiger partial charge in [-0.15, -0.1) is 0 Å². The Bertz CT molecular complexity index is 676. The van der Waals surface area contributed by atoms with Crippen molar-refractivity contribution in [3.05, 3.63) is 48.8 Å². The molecular formula is C13H14N4O2S. The Balaban J connectivity index is 1.97. The van der Waals surface area contributed by atoms with E-state index in [1.54, 1.807) is 30.6 Å². The van der Waals surface area contributed by atoms with Gasteiger partial charge in [-0.1, -0.05) is 0 Å². The molecule has 1 atom stereocenters. The van der Waals surface area contributed by atoms with Crippen molar-refractivity contribution in [1.29, 1.82) is 0 Å². The maximum atomic E-state index is 12.7. The summed E-state index contributed by atoms with van der Waals surface area (Å²) in [6.07, 6.45) is 7.62. The zero-order valence-electron chi connectivity index (χ0n) is 10.8. The highest BCUT2D eigenvalue weighted by Gasteiger charge is 2.36. The van der Waals surface area contributed by atoms with E-state index in [1.807, 2.05) is 0 Å². The molecule has 2 aromatic rings. The molecule has 0 N–H and O–H groups in total. The molecular weight excluding hydrogens is 276 g/mol. The van der Waals surface area contributed by atoms with Crippen molar-refractivity contribution in [2.24, 2.45) is 0 Å². The van der Waals surface area contributed by atoms with E-state index in [0.29, 0.717) is 6.54 Å². The van der Waals surface area contributed by atoms with Crippen LogP contribution in [0.4, 0.5) is 0 Å². The first-order valence-electron chi connectivity index (χ1n) is 6.37. The summed E-state index contributed by atoms with van der Waals surface area (Å²) < 4.78 is 26.8. The quantitative estimate of drug-likeness (QED) is 0.854. The van der Waals surface area contributed by atoms with Crippen molar-refractivity contribution in [2.45, 2.75) is 23.8 Å². The second-order valence-electron chi connectivity index (χ2n) is 4.60. The van der Waals surface area contributed by atoms with Gasteiger partial charge in [0.15, 0.2) is 0 Å². The molecule has 1 aliphatic heterocycles. The van der Waals surface area contributed by atoms with Gasteiger partial charge < -0.3 is 0 Å². The van der Waals surface area contributed by atoms with Crippen molar-refractivity contribution in [1.82, 2.24) is 19.3 Å². The predicted molar refractivity (Wildman–Crippen MR) is 72.1 cm³/mol. The maximum absolute atomic E-state index is 12.7. The fourth-order valence-electron chi connectivity index (χ4n) is 2.46. The molecule has 0 saturated carbocycles. The molecule has 0 aromatic carbocycles. The standard InChI is InChI=1S/C13H14N4O2S/c18-20(19,11-3-1-6-14-9-11)17-8-2-4-13(17)12-5-7-15-10-16-12/h1,3,5-7,9-10,13H,2,4,8H2/t13-/m1/s1. The average Bonchev–Trinajstić information content (AvgIpc) is 2.99. The van der Waals surface area contributed by atoms with Gasteiger partial charge in [0.2, 0.25) is 10.0 Å². The van der Waals surface area contributed by atoms with E-state index < -0.39 is 10.0 Å². The topological polar surface area (TPSA) is 76.1 Å². The van der Waals surface area contributed by atoms with Gasteiger partial charge in [-0.05, 0) is 31.0 Å². The molecule has 1 fully saturated rings. The Morgan fingerprint density at radius 3 is 2.80 bits per heavy atom. The van der Waals surface area contributed by atoms with Gasteiger partial charge in [0, 0.05) is 25.1 Å². The van der Waals surface area contributed by atoms with Crippen molar-refractivity contribution in [2.75, 3.05) is 6.54 Å². The highest BCUT2D eigenvalue weighted by molar-refractivity contribution is 7.89. The van der Waals surface area contributed by atoms with E-state index in [0.717, 1.165) is 18.5 Å². The van der Waals surface area contributed by atoms with Crippen molar-refractivity contribution in [3.8, 4) is 0 Å². The zero-order chi connectivity index (χ0) is 14.0. The number of hydrogen-bond acceptors (Lipinski definition) is 5. The van der Waals surface area contributed by atoms with Crippen LogP contribution in [0.1, 0.15) is 24.6 Å². The fourth-order valence-corrected chi connectivity index (χ4v) is 4.09. The minimum Gasteiger partial charge on any atom is -0.263 e. The Hall–Kier alpha value is -1.86. The van der Waals surface area contributed by atoms with Gasteiger partial charge in [0.1, 0.15) is 11.2 Å². The van der Waals surface area contributed by atoms with E-state index in [1.165, 1.54) is 16.8 Å². The summed E-state index contributed by atoms with van der Waals surface area (Å²) in [5.41, 5.74) is 0.741. The Morgan fingerprint density at radius 1 is 1.20 bits per heavy atom. The van der Waals surface area contributed by atoms with E-state index >= 15 is 0 Å². The summed E-state index contributed by atoms with van der Waals surface area (Å²) in [6.45, 7) is 0.506. The molecule has 104 valence electrons. The molecule has 0 unspecified atom stereocenters. The number of aromatic nitrogens is 3. The molecule has 0 bridgehead atoms. The summed E-state index contributed by atoms with van der Waals surface area (Å²) in [5, 5.41) is 0. The highest BCUT2D eigenvalue weighted by atomic mass is 32.2. The van der Waals surface area contributed by atoms with Crippen molar-refractivity contribution >= 4 is 10.0 Å². The monoisotopic (exact) mass is 290 g/mol. The van der Waals surface area contributed by atoms with Crippen LogP contribution in [0.25, 0.3) is 0 Å². The van der Waals surface area contributed by atoms with Crippen LogP contribution in [0.2, 0.25) is 0 Å². The van der Waals surface area contributed by atoms with Gasteiger partial charge >= 0.3 is 0 Å². The minimum atomic E-state index is -3.53. The average molecular weight is 290 g/mol. The van der Waals surface area contributed by atoms with Crippen LogP contribution in [0.5, 0.6) is 0 Å². The fraction of sp³-hybridized carbons (Fsp3) is 0.308. The summed E-state index contributed by atoms with van der Waals surface area (Å²) in [6, 6.07) is 4.74. The normalized spacial score (nSPS) is 20.1.